The molecule has 0 radical (unpaired) electrons. The molecule has 0 saturated heterocycles. The molecule has 0 aliphatic rings. The van der Waals surface area contributed by atoms with Crippen molar-refractivity contribution in [2.45, 2.75) is 5.03 Å². The summed E-state index contributed by atoms with van der Waals surface area (Å²) < 4.78 is 1.06. The first-order chi connectivity index (χ1) is 5.81. The molecule has 12 heavy (non-hydrogen) atoms. The molecule has 5 heteroatoms. The van der Waals surface area contributed by atoms with Gasteiger partial charge in [-0.1, -0.05) is 0 Å². The second-order valence-electron chi connectivity index (χ2n) is 2.21. The van der Waals surface area contributed by atoms with Crippen LogP contribution in [0.2, 0.25) is 0 Å². The zero-order chi connectivity index (χ0) is 8.55. The van der Waals surface area contributed by atoms with E-state index in [0.717, 1.165) is 15.2 Å². The average Bonchev–Trinajstić information content (AvgIpc) is 2.50. The minimum Gasteiger partial charge on any atom is -0.305 e. The second kappa shape index (κ2) is 2.91. The maximum absolute atomic E-state index is 11.0. The third-order valence-corrected chi connectivity index (χ3v) is 3.23. The van der Waals surface area contributed by atoms with Crippen LogP contribution in [-0.2, 0) is 0 Å². The average molecular weight is 198 g/mol. The molecule has 1 N–H and O–H groups in total. The van der Waals surface area contributed by atoms with Crippen LogP contribution in [-0.4, -0.2) is 16.2 Å². The summed E-state index contributed by atoms with van der Waals surface area (Å²) in [6, 6.07) is 1.89. The zero-order valence-electron chi connectivity index (χ0n) is 6.33. The van der Waals surface area contributed by atoms with Crippen molar-refractivity contribution < 1.29 is 0 Å². The molecule has 0 atom stereocenters. The Bertz CT molecular complexity index is 460. The fourth-order valence-corrected chi connectivity index (χ4v) is 2.59. The van der Waals surface area contributed by atoms with E-state index in [2.05, 4.69) is 9.97 Å². The van der Waals surface area contributed by atoms with Gasteiger partial charge in [0.05, 0.1) is 10.2 Å². The van der Waals surface area contributed by atoms with Gasteiger partial charge >= 0.3 is 5.69 Å². The summed E-state index contributed by atoms with van der Waals surface area (Å²) in [7, 11) is 0. The van der Waals surface area contributed by atoms with Gasteiger partial charge in [-0.3, -0.25) is 0 Å². The first kappa shape index (κ1) is 7.82. The van der Waals surface area contributed by atoms with Crippen molar-refractivity contribution >= 4 is 33.3 Å². The van der Waals surface area contributed by atoms with Gasteiger partial charge in [-0.25, -0.2) is 4.79 Å². The third kappa shape index (κ3) is 1.15. The van der Waals surface area contributed by atoms with Crippen molar-refractivity contribution in [3.63, 3.8) is 0 Å². The van der Waals surface area contributed by atoms with Crippen molar-refractivity contribution in [3.05, 3.63) is 21.9 Å². The van der Waals surface area contributed by atoms with Gasteiger partial charge in [0.1, 0.15) is 5.03 Å². The number of thiophene rings is 1. The van der Waals surface area contributed by atoms with Gasteiger partial charge in [0.15, 0.2) is 0 Å². The van der Waals surface area contributed by atoms with E-state index in [1.165, 1.54) is 11.8 Å². The molecule has 0 aromatic carbocycles. The molecule has 2 aromatic heterocycles. The van der Waals surface area contributed by atoms with Crippen LogP contribution in [0.1, 0.15) is 0 Å². The van der Waals surface area contributed by atoms with Crippen molar-refractivity contribution in [2.24, 2.45) is 0 Å². The van der Waals surface area contributed by atoms with Gasteiger partial charge in [0.25, 0.3) is 0 Å². The lowest BCUT2D eigenvalue weighted by Gasteiger charge is -1.94. The molecular weight excluding hydrogens is 192 g/mol. The molecule has 0 aliphatic heterocycles. The van der Waals surface area contributed by atoms with E-state index >= 15 is 0 Å². The number of hydrogen-bond acceptors (Lipinski definition) is 4. The summed E-state index contributed by atoms with van der Waals surface area (Å²) in [6.45, 7) is 0. The molecule has 2 aromatic rings. The quantitative estimate of drug-likeness (QED) is 0.560. The SMILES string of the molecule is CSc1nc(=O)[nH]c2ccsc12. The van der Waals surface area contributed by atoms with Crippen molar-refractivity contribution in [3.8, 4) is 0 Å². The van der Waals surface area contributed by atoms with Crippen LogP contribution >= 0.6 is 23.1 Å². The molecule has 0 saturated carbocycles. The number of aromatic nitrogens is 2. The largest absolute Gasteiger partial charge is 0.346 e. The number of nitrogens with one attached hydrogen (secondary N) is 1. The second-order valence-corrected chi connectivity index (χ2v) is 3.93. The van der Waals surface area contributed by atoms with Gasteiger partial charge in [-0.15, -0.1) is 23.1 Å². The number of thioether (sulfide) groups is 1. The Morgan fingerprint density at radius 2 is 2.50 bits per heavy atom. The number of hydrogen-bond donors (Lipinski definition) is 1. The number of aromatic amines is 1. The maximum Gasteiger partial charge on any atom is 0.346 e. The highest BCUT2D eigenvalue weighted by atomic mass is 32.2. The van der Waals surface area contributed by atoms with Crippen molar-refractivity contribution in [2.75, 3.05) is 6.26 Å². The molecular formula is C7H6N2OS2. The summed E-state index contributed by atoms with van der Waals surface area (Å²) in [5.74, 6) is 0. The highest BCUT2D eigenvalue weighted by Crippen LogP contribution is 2.25. The maximum atomic E-state index is 11.0. The molecule has 0 bridgehead atoms. The van der Waals surface area contributed by atoms with Crippen LogP contribution in [0.5, 0.6) is 0 Å². The lowest BCUT2D eigenvalue weighted by atomic mass is 10.5. The molecule has 3 nitrogen and oxygen atoms in total. The van der Waals surface area contributed by atoms with E-state index in [9.17, 15) is 4.79 Å². The summed E-state index contributed by atoms with van der Waals surface area (Å²) in [5, 5.41) is 2.76. The molecule has 2 rings (SSSR count). The Balaban J connectivity index is 2.89. The lowest BCUT2D eigenvalue weighted by molar-refractivity contribution is 1.03. The molecule has 0 unspecified atom stereocenters. The number of H-pyrrole nitrogens is 1. The predicted molar refractivity (Wildman–Crippen MR) is 52.0 cm³/mol. The first-order valence-electron chi connectivity index (χ1n) is 3.33. The highest BCUT2D eigenvalue weighted by molar-refractivity contribution is 7.98. The van der Waals surface area contributed by atoms with Crippen LogP contribution in [0, 0.1) is 0 Å². The van der Waals surface area contributed by atoms with E-state index in [-0.39, 0.29) is 5.69 Å². The minimum absolute atomic E-state index is 0.273. The molecule has 0 amide bonds. The first-order valence-corrected chi connectivity index (χ1v) is 5.43. The van der Waals surface area contributed by atoms with Gasteiger partial charge in [0, 0.05) is 0 Å². The lowest BCUT2D eigenvalue weighted by Crippen LogP contribution is -2.09. The van der Waals surface area contributed by atoms with Crippen molar-refractivity contribution in [1.82, 2.24) is 9.97 Å². The predicted octanol–water partition coefficient (Wildman–Crippen LogP) is 1.71. The van der Waals surface area contributed by atoms with Gasteiger partial charge in [-0.2, -0.15) is 4.98 Å². The summed E-state index contributed by atoms with van der Waals surface area (Å²) in [6.07, 6.45) is 1.92. The van der Waals surface area contributed by atoms with Crippen LogP contribution in [0.15, 0.2) is 21.3 Å². The van der Waals surface area contributed by atoms with E-state index in [0.29, 0.717) is 0 Å². The Kier molecular flexibility index (Phi) is 1.90. The van der Waals surface area contributed by atoms with Gasteiger partial charge < -0.3 is 4.98 Å². The van der Waals surface area contributed by atoms with Crippen LogP contribution in [0.3, 0.4) is 0 Å². The number of rotatable bonds is 1. The van der Waals surface area contributed by atoms with E-state index in [4.69, 9.17) is 0 Å². The monoisotopic (exact) mass is 198 g/mol. The topological polar surface area (TPSA) is 45.8 Å². The Morgan fingerprint density at radius 3 is 3.25 bits per heavy atom. The summed E-state index contributed by atoms with van der Waals surface area (Å²) in [4.78, 5) is 17.5. The number of nitrogens with zero attached hydrogens (tertiary/aromatic N) is 1. The summed E-state index contributed by atoms with van der Waals surface area (Å²) in [5.41, 5.74) is 0.606. The normalized spacial score (nSPS) is 10.8. The molecule has 0 spiro atoms. The molecule has 62 valence electrons. The molecule has 0 aliphatic carbocycles. The van der Waals surface area contributed by atoms with Gasteiger partial charge in [0.2, 0.25) is 0 Å². The van der Waals surface area contributed by atoms with Crippen LogP contribution in [0.25, 0.3) is 10.2 Å². The highest BCUT2D eigenvalue weighted by Gasteiger charge is 2.03. The molecule has 0 fully saturated rings. The zero-order valence-corrected chi connectivity index (χ0v) is 7.96. The van der Waals surface area contributed by atoms with Crippen LogP contribution in [0.4, 0.5) is 0 Å². The van der Waals surface area contributed by atoms with E-state index < -0.39 is 0 Å². The Hall–Kier alpha value is -0.810. The Labute approximate surface area is 76.8 Å². The van der Waals surface area contributed by atoms with Crippen molar-refractivity contribution in [1.29, 1.82) is 0 Å². The van der Waals surface area contributed by atoms with E-state index in [1.54, 1.807) is 11.3 Å². The third-order valence-electron chi connectivity index (χ3n) is 1.50. The smallest absolute Gasteiger partial charge is 0.305 e. The van der Waals surface area contributed by atoms with Crippen LogP contribution < -0.4 is 5.69 Å². The van der Waals surface area contributed by atoms with Gasteiger partial charge in [-0.05, 0) is 17.7 Å². The standard InChI is InChI=1S/C7H6N2OS2/c1-11-6-5-4(2-3-12-5)8-7(10)9-6/h2-3H,1H3,(H,8,9,10). The van der Waals surface area contributed by atoms with E-state index in [1.807, 2.05) is 17.7 Å². The fraction of sp³-hybridized carbons (Fsp3) is 0.143. The molecule has 2 heterocycles. The minimum atomic E-state index is -0.273. The summed E-state index contributed by atoms with van der Waals surface area (Å²) >= 11 is 3.09. The fourth-order valence-electron chi connectivity index (χ4n) is 0.998. The Morgan fingerprint density at radius 1 is 1.67 bits per heavy atom. The number of fused-ring (bicyclic) bond motifs is 1.